The summed E-state index contributed by atoms with van der Waals surface area (Å²) in [7, 11) is -3.88. The number of nitrogens with zero attached hydrogens (tertiary/aromatic N) is 1. The Morgan fingerprint density at radius 3 is 2.10 bits per heavy atom. The van der Waals surface area contributed by atoms with Crippen LogP contribution in [-0.4, -0.2) is 13.4 Å². The molecule has 0 spiro atoms. The van der Waals surface area contributed by atoms with E-state index in [0.717, 1.165) is 11.1 Å². The number of aromatic nitrogens is 1. The minimum Gasteiger partial charge on any atom is -0.358 e. The van der Waals surface area contributed by atoms with Crippen molar-refractivity contribution >= 4 is 10.1 Å². The molecule has 4 nitrogen and oxygen atoms in total. The molecule has 106 valence electrons. The summed E-state index contributed by atoms with van der Waals surface area (Å²) in [6, 6.07) is 6.88. The molecule has 2 aromatic rings. The van der Waals surface area contributed by atoms with E-state index in [1.807, 2.05) is 19.9 Å². The Balaban J connectivity index is 2.56. The lowest BCUT2D eigenvalue weighted by Gasteiger charge is -2.15. The minimum absolute atomic E-state index is 0.0745. The molecule has 1 aromatic carbocycles. The van der Waals surface area contributed by atoms with Crippen molar-refractivity contribution in [1.29, 1.82) is 0 Å². The second-order valence-corrected chi connectivity index (χ2v) is 6.28. The molecule has 0 aliphatic heterocycles. The van der Waals surface area contributed by atoms with Gasteiger partial charge in [-0.2, -0.15) is 8.42 Å². The highest BCUT2D eigenvalue weighted by molar-refractivity contribution is 7.87. The van der Waals surface area contributed by atoms with Crippen molar-refractivity contribution in [3.63, 3.8) is 0 Å². The highest BCUT2D eigenvalue weighted by atomic mass is 32.2. The molecule has 2 rings (SSSR count). The van der Waals surface area contributed by atoms with Crippen molar-refractivity contribution in [2.45, 2.75) is 32.6 Å². The maximum Gasteiger partial charge on any atom is 0.341 e. The van der Waals surface area contributed by atoms with Gasteiger partial charge in [0.05, 0.1) is 0 Å². The third-order valence-electron chi connectivity index (χ3n) is 3.38. The van der Waals surface area contributed by atoms with Gasteiger partial charge in [0.2, 0.25) is 5.88 Å². The van der Waals surface area contributed by atoms with Crippen molar-refractivity contribution in [3.8, 4) is 5.88 Å². The van der Waals surface area contributed by atoms with E-state index in [9.17, 15) is 8.42 Å². The van der Waals surface area contributed by atoms with E-state index in [0.29, 0.717) is 11.1 Å². The van der Waals surface area contributed by atoms with Gasteiger partial charge < -0.3 is 4.18 Å². The van der Waals surface area contributed by atoms with Crippen LogP contribution in [0.15, 0.2) is 35.4 Å². The van der Waals surface area contributed by atoms with Crippen LogP contribution in [0.1, 0.15) is 22.3 Å². The molecule has 0 atom stereocenters. The normalized spacial score (nSPS) is 11.4. The van der Waals surface area contributed by atoms with Gasteiger partial charge in [0.25, 0.3) is 0 Å². The molecule has 0 saturated carbocycles. The molecule has 5 heteroatoms. The third-order valence-corrected chi connectivity index (χ3v) is 4.88. The van der Waals surface area contributed by atoms with Crippen LogP contribution in [0, 0.1) is 27.7 Å². The molecule has 0 bridgehead atoms. The number of rotatable bonds is 3. The molecule has 1 heterocycles. The molecule has 0 saturated heterocycles. The van der Waals surface area contributed by atoms with Gasteiger partial charge in [0, 0.05) is 12.3 Å². The third kappa shape index (κ3) is 2.67. The first-order chi connectivity index (χ1) is 9.33. The fourth-order valence-electron chi connectivity index (χ4n) is 2.11. The fourth-order valence-corrected chi connectivity index (χ4v) is 3.58. The van der Waals surface area contributed by atoms with E-state index in [2.05, 4.69) is 4.98 Å². The van der Waals surface area contributed by atoms with E-state index in [1.165, 1.54) is 12.3 Å². The Bertz CT molecular complexity index is 711. The highest BCUT2D eigenvalue weighted by Crippen LogP contribution is 2.28. The molecule has 0 fully saturated rings. The van der Waals surface area contributed by atoms with Crippen molar-refractivity contribution in [1.82, 2.24) is 4.98 Å². The Kier molecular flexibility index (Phi) is 3.81. The van der Waals surface area contributed by atoms with Gasteiger partial charge in [-0.05, 0) is 56.0 Å². The second kappa shape index (κ2) is 5.25. The standard InChI is InChI=1S/C15H17NO3S/c1-10-9-11(2)13(4)15(12(10)3)20(17,18)19-14-7-5-6-8-16-14/h5-9H,1-4H3. The zero-order valence-electron chi connectivity index (χ0n) is 12.0. The first-order valence-electron chi connectivity index (χ1n) is 6.26. The lowest BCUT2D eigenvalue weighted by molar-refractivity contribution is 0.474. The lowest BCUT2D eigenvalue weighted by Crippen LogP contribution is -2.15. The number of pyridine rings is 1. The molecular weight excluding hydrogens is 274 g/mol. The summed E-state index contributed by atoms with van der Waals surface area (Å²) in [5, 5.41) is 0. The summed E-state index contributed by atoms with van der Waals surface area (Å²) in [5.41, 5.74) is 3.28. The number of hydrogen-bond acceptors (Lipinski definition) is 4. The van der Waals surface area contributed by atoms with Crippen LogP contribution in [0.25, 0.3) is 0 Å². The van der Waals surface area contributed by atoms with E-state index in [4.69, 9.17) is 4.18 Å². The molecular formula is C15H17NO3S. The summed E-state index contributed by atoms with van der Waals surface area (Å²) in [6.45, 7) is 7.36. The Morgan fingerprint density at radius 1 is 1.00 bits per heavy atom. The van der Waals surface area contributed by atoms with E-state index in [-0.39, 0.29) is 10.8 Å². The number of benzene rings is 1. The topological polar surface area (TPSA) is 56.3 Å². The molecule has 0 aliphatic rings. The van der Waals surface area contributed by atoms with Crippen molar-refractivity contribution in [2.75, 3.05) is 0 Å². The van der Waals surface area contributed by atoms with Crippen LogP contribution in [0.4, 0.5) is 0 Å². The summed E-state index contributed by atoms with van der Waals surface area (Å²) in [6.07, 6.45) is 1.49. The summed E-state index contributed by atoms with van der Waals surface area (Å²) in [4.78, 5) is 4.13. The zero-order valence-corrected chi connectivity index (χ0v) is 12.8. The van der Waals surface area contributed by atoms with Gasteiger partial charge in [-0.3, -0.25) is 0 Å². The Labute approximate surface area is 119 Å². The first kappa shape index (κ1) is 14.5. The number of hydrogen-bond donors (Lipinski definition) is 0. The second-order valence-electron chi connectivity index (χ2n) is 4.79. The van der Waals surface area contributed by atoms with E-state index in [1.54, 1.807) is 26.0 Å². The number of aryl methyl sites for hydroxylation is 2. The lowest BCUT2D eigenvalue weighted by atomic mass is 10.0. The largest absolute Gasteiger partial charge is 0.358 e. The van der Waals surface area contributed by atoms with Gasteiger partial charge in [-0.15, -0.1) is 0 Å². The average molecular weight is 291 g/mol. The van der Waals surface area contributed by atoms with Crippen LogP contribution in [0.3, 0.4) is 0 Å². The predicted octanol–water partition coefficient (Wildman–Crippen LogP) is 3.08. The van der Waals surface area contributed by atoms with Gasteiger partial charge in [0.1, 0.15) is 4.90 Å². The van der Waals surface area contributed by atoms with Gasteiger partial charge >= 0.3 is 10.1 Å². The molecule has 20 heavy (non-hydrogen) atoms. The first-order valence-corrected chi connectivity index (χ1v) is 7.66. The highest BCUT2D eigenvalue weighted by Gasteiger charge is 2.24. The Morgan fingerprint density at radius 2 is 1.60 bits per heavy atom. The van der Waals surface area contributed by atoms with Crippen molar-refractivity contribution < 1.29 is 12.6 Å². The van der Waals surface area contributed by atoms with Crippen LogP contribution in [0.5, 0.6) is 5.88 Å². The fraction of sp³-hybridized carbons (Fsp3) is 0.267. The summed E-state index contributed by atoms with van der Waals surface area (Å²) < 4.78 is 30.1. The SMILES string of the molecule is Cc1cc(C)c(C)c(S(=O)(=O)Oc2ccccn2)c1C. The van der Waals surface area contributed by atoms with Crippen LogP contribution in [0.2, 0.25) is 0 Å². The van der Waals surface area contributed by atoms with E-state index >= 15 is 0 Å². The maximum atomic E-state index is 12.5. The molecule has 0 N–H and O–H groups in total. The average Bonchev–Trinajstić information content (AvgIpc) is 2.37. The molecule has 0 amide bonds. The van der Waals surface area contributed by atoms with Gasteiger partial charge in [0.15, 0.2) is 0 Å². The monoisotopic (exact) mass is 291 g/mol. The molecule has 0 aliphatic carbocycles. The zero-order chi connectivity index (χ0) is 14.9. The molecule has 0 unspecified atom stereocenters. The van der Waals surface area contributed by atoms with Gasteiger partial charge in [-0.25, -0.2) is 4.98 Å². The summed E-state index contributed by atoms with van der Waals surface area (Å²) >= 11 is 0. The summed E-state index contributed by atoms with van der Waals surface area (Å²) in [5.74, 6) is 0.0745. The van der Waals surface area contributed by atoms with Gasteiger partial charge in [-0.1, -0.05) is 12.1 Å². The predicted molar refractivity (Wildman–Crippen MR) is 77.4 cm³/mol. The van der Waals surface area contributed by atoms with E-state index < -0.39 is 10.1 Å². The molecule has 0 radical (unpaired) electrons. The minimum atomic E-state index is -3.88. The quantitative estimate of drug-likeness (QED) is 0.815. The van der Waals surface area contributed by atoms with Crippen LogP contribution < -0.4 is 4.18 Å². The smallest absolute Gasteiger partial charge is 0.341 e. The van der Waals surface area contributed by atoms with Crippen LogP contribution in [-0.2, 0) is 10.1 Å². The van der Waals surface area contributed by atoms with Crippen molar-refractivity contribution in [2.24, 2.45) is 0 Å². The van der Waals surface area contributed by atoms with Crippen molar-refractivity contribution in [3.05, 3.63) is 52.7 Å². The molecule has 1 aromatic heterocycles. The van der Waals surface area contributed by atoms with Crippen LogP contribution >= 0.6 is 0 Å². The maximum absolute atomic E-state index is 12.5. The Hall–Kier alpha value is -1.88.